The molecule has 1 unspecified atom stereocenters. The van der Waals surface area contributed by atoms with Crippen LogP contribution in [0.15, 0.2) is 12.1 Å². The summed E-state index contributed by atoms with van der Waals surface area (Å²) in [5, 5.41) is 17.6. The predicted octanol–water partition coefficient (Wildman–Crippen LogP) is 1.55. The van der Waals surface area contributed by atoms with Crippen molar-refractivity contribution < 1.29 is 14.7 Å². The third-order valence-corrected chi connectivity index (χ3v) is 4.83. The van der Waals surface area contributed by atoms with Crippen molar-refractivity contribution in [3.63, 3.8) is 0 Å². The van der Waals surface area contributed by atoms with Crippen LogP contribution in [-0.2, 0) is 29.1 Å². The van der Waals surface area contributed by atoms with Gasteiger partial charge in [0.25, 0.3) is 0 Å². The normalized spacial score (nSPS) is 16.6. The fourth-order valence-corrected chi connectivity index (χ4v) is 3.53. The van der Waals surface area contributed by atoms with Crippen LogP contribution in [0.3, 0.4) is 0 Å². The zero-order valence-electron chi connectivity index (χ0n) is 14.9. The zero-order chi connectivity index (χ0) is 18.3. The van der Waals surface area contributed by atoms with E-state index in [1.54, 1.807) is 11.5 Å². The van der Waals surface area contributed by atoms with Crippen LogP contribution in [0.4, 0.5) is 0 Å². The van der Waals surface area contributed by atoms with Crippen LogP contribution in [0.1, 0.15) is 33.9 Å². The molecule has 0 saturated carbocycles. The Morgan fingerprint density at radius 2 is 1.80 bits per heavy atom. The lowest BCUT2D eigenvalue weighted by atomic mass is 9.96. The topological polar surface area (TPSA) is 88.3 Å². The van der Waals surface area contributed by atoms with Gasteiger partial charge in [-0.25, -0.2) is 4.79 Å². The van der Waals surface area contributed by atoms with Crippen molar-refractivity contribution in [3.8, 4) is 0 Å². The van der Waals surface area contributed by atoms with Gasteiger partial charge < -0.3 is 14.6 Å². The predicted molar refractivity (Wildman–Crippen MR) is 91.1 cm³/mol. The highest BCUT2D eigenvalue weighted by Gasteiger charge is 2.36. The highest BCUT2D eigenvalue weighted by molar-refractivity contribution is 5.85. The van der Waals surface area contributed by atoms with Crippen LogP contribution < -0.4 is 0 Å². The van der Waals surface area contributed by atoms with E-state index < -0.39 is 12.0 Å². The number of hydrogen-bond donors (Lipinski definition) is 1. The van der Waals surface area contributed by atoms with Crippen LogP contribution in [0.5, 0.6) is 0 Å². The summed E-state index contributed by atoms with van der Waals surface area (Å²) in [6, 6.07) is 3.18. The summed E-state index contributed by atoms with van der Waals surface area (Å²) < 4.78 is 1.77. The minimum absolute atomic E-state index is 0.167. The molecule has 7 nitrogen and oxygen atoms in total. The van der Waals surface area contributed by atoms with E-state index in [2.05, 4.69) is 10.2 Å². The number of aliphatic carboxylic acids is 1. The average Bonchev–Trinajstić information content (AvgIpc) is 2.90. The lowest BCUT2D eigenvalue weighted by molar-refractivity contribution is -0.152. The number of carbonyl (C=O) groups excluding carboxylic acids is 1. The number of rotatable bonds is 3. The Hall–Kier alpha value is -2.70. The van der Waals surface area contributed by atoms with Crippen molar-refractivity contribution in [2.75, 3.05) is 0 Å². The van der Waals surface area contributed by atoms with Gasteiger partial charge in [-0.15, -0.1) is 10.2 Å². The van der Waals surface area contributed by atoms with Crippen molar-refractivity contribution in [1.82, 2.24) is 19.7 Å². The van der Waals surface area contributed by atoms with Crippen LogP contribution in [0.25, 0.3) is 0 Å². The van der Waals surface area contributed by atoms with Crippen molar-refractivity contribution in [3.05, 3.63) is 46.0 Å². The molecule has 1 aromatic carbocycles. The average molecular weight is 342 g/mol. The van der Waals surface area contributed by atoms with E-state index in [1.807, 2.05) is 32.9 Å². The number of carbonyl (C=O) groups is 2. The lowest BCUT2D eigenvalue weighted by Gasteiger charge is -2.33. The number of amides is 1. The SMILES string of the molecule is Cc1cc(C)c(CC(=O)N2Cc3nnc(C)n3CC2C(=O)O)c(C)c1. The molecule has 1 amide bonds. The van der Waals surface area contributed by atoms with Crippen molar-refractivity contribution in [1.29, 1.82) is 0 Å². The van der Waals surface area contributed by atoms with Gasteiger partial charge in [0.2, 0.25) is 5.91 Å². The second kappa shape index (κ2) is 6.31. The van der Waals surface area contributed by atoms with Gasteiger partial charge in [-0.1, -0.05) is 17.7 Å². The van der Waals surface area contributed by atoms with Crippen molar-refractivity contribution >= 4 is 11.9 Å². The molecule has 1 atom stereocenters. The summed E-state index contributed by atoms with van der Waals surface area (Å²) in [6.45, 7) is 8.11. The van der Waals surface area contributed by atoms with Gasteiger partial charge in [-0.3, -0.25) is 4.79 Å². The molecule has 0 bridgehead atoms. The molecular weight excluding hydrogens is 320 g/mol. The molecule has 0 spiro atoms. The third kappa shape index (κ3) is 3.14. The molecule has 25 heavy (non-hydrogen) atoms. The second-order valence-corrected chi connectivity index (χ2v) is 6.70. The highest BCUT2D eigenvalue weighted by atomic mass is 16.4. The summed E-state index contributed by atoms with van der Waals surface area (Å²) in [4.78, 5) is 26.0. The Balaban J connectivity index is 1.89. The maximum Gasteiger partial charge on any atom is 0.328 e. The second-order valence-electron chi connectivity index (χ2n) is 6.70. The van der Waals surface area contributed by atoms with Gasteiger partial charge in [0.05, 0.1) is 19.5 Å². The van der Waals surface area contributed by atoms with E-state index >= 15 is 0 Å². The van der Waals surface area contributed by atoms with Crippen LogP contribution >= 0.6 is 0 Å². The third-order valence-electron chi connectivity index (χ3n) is 4.83. The largest absolute Gasteiger partial charge is 0.480 e. The summed E-state index contributed by atoms with van der Waals surface area (Å²) in [5.41, 5.74) is 4.21. The van der Waals surface area contributed by atoms with Crippen LogP contribution in [-0.4, -0.2) is 42.7 Å². The van der Waals surface area contributed by atoms with E-state index in [4.69, 9.17) is 0 Å². The molecule has 0 saturated heterocycles. The first kappa shape index (κ1) is 17.1. The van der Waals surface area contributed by atoms with E-state index in [9.17, 15) is 14.7 Å². The van der Waals surface area contributed by atoms with Gasteiger partial charge >= 0.3 is 5.97 Å². The highest BCUT2D eigenvalue weighted by Crippen LogP contribution is 2.22. The van der Waals surface area contributed by atoms with Gasteiger partial charge in [0.15, 0.2) is 5.82 Å². The number of aromatic nitrogens is 3. The maximum atomic E-state index is 12.9. The van der Waals surface area contributed by atoms with Crippen molar-refractivity contribution in [2.24, 2.45) is 0 Å². The van der Waals surface area contributed by atoms with Gasteiger partial charge in [-0.2, -0.15) is 0 Å². The van der Waals surface area contributed by atoms with E-state index in [0.29, 0.717) is 11.6 Å². The summed E-state index contributed by atoms with van der Waals surface area (Å²) in [6.07, 6.45) is 0.189. The quantitative estimate of drug-likeness (QED) is 0.914. The number of benzene rings is 1. The van der Waals surface area contributed by atoms with E-state index in [1.165, 1.54) is 4.90 Å². The Kier molecular flexibility index (Phi) is 4.32. The molecule has 1 N–H and O–H groups in total. The number of fused-ring (bicyclic) bond motifs is 1. The molecule has 0 radical (unpaired) electrons. The standard InChI is InChI=1S/C18H22N4O3/c1-10-5-11(2)14(12(3)6-10)7-17(23)22-9-16-20-19-13(4)21(16)8-15(22)18(24)25/h5-6,15H,7-9H2,1-4H3,(H,24,25). The summed E-state index contributed by atoms with van der Waals surface area (Å²) >= 11 is 0. The monoisotopic (exact) mass is 342 g/mol. The fraction of sp³-hybridized carbons (Fsp3) is 0.444. The Morgan fingerprint density at radius 1 is 1.16 bits per heavy atom. The molecule has 7 heteroatoms. The summed E-state index contributed by atoms with van der Waals surface area (Å²) in [5.74, 6) is 0.0816. The molecule has 2 aromatic rings. The smallest absolute Gasteiger partial charge is 0.328 e. The number of carboxylic acids is 1. The Bertz CT molecular complexity index is 833. The number of nitrogens with zero attached hydrogens (tertiary/aromatic N) is 4. The molecule has 2 heterocycles. The molecule has 0 fully saturated rings. The molecule has 3 rings (SSSR count). The fourth-order valence-electron chi connectivity index (χ4n) is 3.53. The molecule has 1 aliphatic heterocycles. The van der Waals surface area contributed by atoms with Crippen LogP contribution in [0.2, 0.25) is 0 Å². The van der Waals surface area contributed by atoms with Crippen molar-refractivity contribution in [2.45, 2.75) is 53.2 Å². The molecular formula is C18H22N4O3. The van der Waals surface area contributed by atoms with E-state index in [-0.39, 0.29) is 25.4 Å². The van der Waals surface area contributed by atoms with Gasteiger partial charge in [0, 0.05) is 0 Å². The summed E-state index contributed by atoms with van der Waals surface area (Å²) in [7, 11) is 0. The molecule has 132 valence electrons. The first-order valence-corrected chi connectivity index (χ1v) is 8.25. The maximum absolute atomic E-state index is 12.9. The van der Waals surface area contributed by atoms with Crippen LogP contribution in [0, 0.1) is 27.7 Å². The Labute approximate surface area is 146 Å². The zero-order valence-corrected chi connectivity index (χ0v) is 14.9. The van der Waals surface area contributed by atoms with Gasteiger partial charge in [-0.05, 0) is 44.4 Å². The molecule has 1 aromatic heterocycles. The lowest BCUT2D eigenvalue weighted by Crippen LogP contribution is -2.51. The number of carboxylic acid groups (broad SMARTS) is 1. The minimum Gasteiger partial charge on any atom is -0.480 e. The molecule has 0 aliphatic carbocycles. The molecule has 1 aliphatic rings. The first-order chi connectivity index (χ1) is 11.8. The first-order valence-electron chi connectivity index (χ1n) is 8.25. The number of aryl methyl sites for hydroxylation is 4. The minimum atomic E-state index is -1.01. The Morgan fingerprint density at radius 3 is 2.40 bits per heavy atom. The van der Waals surface area contributed by atoms with Gasteiger partial charge in [0.1, 0.15) is 11.9 Å². The number of hydrogen-bond acceptors (Lipinski definition) is 4. The van der Waals surface area contributed by atoms with E-state index in [0.717, 1.165) is 22.3 Å².